The second kappa shape index (κ2) is 3.80. The van der Waals surface area contributed by atoms with E-state index in [1.165, 1.54) is 4.31 Å². The van der Waals surface area contributed by atoms with Gasteiger partial charge >= 0.3 is 0 Å². The predicted molar refractivity (Wildman–Crippen MR) is 63.2 cm³/mol. The monoisotopic (exact) mass is 253 g/mol. The second-order valence-electron chi connectivity index (χ2n) is 4.68. The number of epoxide rings is 1. The summed E-state index contributed by atoms with van der Waals surface area (Å²) < 4.78 is 31.6. The number of ether oxygens (including phenoxy) is 1. The van der Waals surface area contributed by atoms with E-state index in [-0.39, 0.29) is 6.10 Å². The number of hydrogen-bond acceptors (Lipinski definition) is 3. The van der Waals surface area contributed by atoms with E-state index in [1.54, 1.807) is 12.1 Å². The summed E-state index contributed by atoms with van der Waals surface area (Å²) in [5.41, 5.74) is 1.06. The smallest absolute Gasteiger partial charge is 0.243 e. The van der Waals surface area contributed by atoms with Crippen molar-refractivity contribution in [2.75, 3.05) is 13.1 Å². The van der Waals surface area contributed by atoms with Gasteiger partial charge in [0.2, 0.25) is 10.0 Å². The summed E-state index contributed by atoms with van der Waals surface area (Å²) in [4.78, 5) is 0.377. The molecule has 4 nitrogen and oxygen atoms in total. The average molecular weight is 253 g/mol. The van der Waals surface area contributed by atoms with E-state index in [2.05, 4.69) is 0 Å². The highest BCUT2D eigenvalue weighted by molar-refractivity contribution is 7.89. The van der Waals surface area contributed by atoms with Crippen molar-refractivity contribution in [2.45, 2.75) is 30.4 Å². The van der Waals surface area contributed by atoms with Crippen LogP contribution in [0, 0.1) is 6.92 Å². The van der Waals surface area contributed by atoms with Gasteiger partial charge in [-0.1, -0.05) is 17.7 Å². The maximum Gasteiger partial charge on any atom is 0.243 e. The number of hydrogen-bond donors (Lipinski definition) is 0. The molecule has 2 saturated heterocycles. The van der Waals surface area contributed by atoms with Crippen molar-refractivity contribution in [3.05, 3.63) is 29.8 Å². The van der Waals surface area contributed by atoms with E-state index in [4.69, 9.17) is 4.74 Å². The van der Waals surface area contributed by atoms with Crippen LogP contribution in [0.1, 0.15) is 12.0 Å². The van der Waals surface area contributed by atoms with Gasteiger partial charge in [0.15, 0.2) is 0 Å². The molecule has 2 atom stereocenters. The summed E-state index contributed by atoms with van der Waals surface area (Å²) in [5, 5.41) is 0. The maximum absolute atomic E-state index is 12.3. The molecule has 5 heteroatoms. The number of benzene rings is 1. The zero-order valence-electron chi connectivity index (χ0n) is 9.67. The van der Waals surface area contributed by atoms with Crippen LogP contribution >= 0.6 is 0 Å². The molecule has 0 saturated carbocycles. The number of nitrogens with zero attached hydrogens (tertiary/aromatic N) is 1. The lowest BCUT2D eigenvalue weighted by atomic mass is 10.2. The Morgan fingerprint density at radius 2 is 1.94 bits per heavy atom. The van der Waals surface area contributed by atoms with Crippen LogP contribution in [0.25, 0.3) is 0 Å². The number of aryl methyl sites for hydroxylation is 1. The maximum atomic E-state index is 12.3. The molecule has 2 aliphatic rings. The van der Waals surface area contributed by atoms with Crippen LogP contribution in [0.5, 0.6) is 0 Å². The van der Waals surface area contributed by atoms with Crippen LogP contribution in [0.3, 0.4) is 0 Å². The van der Waals surface area contributed by atoms with Gasteiger partial charge in [0.1, 0.15) is 0 Å². The molecular formula is C12H15NO3S. The van der Waals surface area contributed by atoms with Gasteiger partial charge in [-0.25, -0.2) is 8.42 Å². The van der Waals surface area contributed by atoms with Gasteiger partial charge in [0.05, 0.1) is 17.1 Å². The lowest BCUT2D eigenvalue weighted by molar-refractivity contribution is 0.357. The molecule has 1 aromatic rings. The van der Waals surface area contributed by atoms with Crippen molar-refractivity contribution in [3.63, 3.8) is 0 Å². The Balaban J connectivity index is 1.87. The van der Waals surface area contributed by atoms with Gasteiger partial charge in [-0.2, -0.15) is 4.31 Å². The van der Waals surface area contributed by atoms with Gasteiger partial charge in [0.25, 0.3) is 0 Å². The predicted octanol–water partition coefficient (Wildman–Crippen LogP) is 1.16. The molecule has 0 aliphatic carbocycles. The van der Waals surface area contributed by atoms with Crippen LogP contribution in [0.4, 0.5) is 0 Å². The second-order valence-corrected chi connectivity index (χ2v) is 6.62. The van der Waals surface area contributed by atoms with Crippen molar-refractivity contribution in [1.82, 2.24) is 4.31 Å². The van der Waals surface area contributed by atoms with Gasteiger partial charge < -0.3 is 4.74 Å². The molecule has 2 heterocycles. The number of fused-ring (bicyclic) bond motifs is 1. The first-order chi connectivity index (χ1) is 8.07. The third-order valence-corrected chi connectivity index (χ3v) is 5.27. The molecule has 0 aromatic heterocycles. The van der Waals surface area contributed by atoms with Crippen LogP contribution < -0.4 is 0 Å². The summed E-state index contributed by atoms with van der Waals surface area (Å²) in [5.74, 6) is 0. The molecule has 17 heavy (non-hydrogen) atoms. The molecule has 2 fully saturated rings. The number of piperidine rings is 1. The van der Waals surface area contributed by atoms with E-state index >= 15 is 0 Å². The van der Waals surface area contributed by atoms with Crippen molar-refractivity contribution in [1.29, 1.82) is 0 Å². The lowest BCUT2D eigenvalue weighted by Crippen LogP contribution is -2.39. The molecule has 2 aliphatic heterocycles. The highest BCUT2D eigenvalue weighted by Crippen LogP contribution is 2.33. The molecule has 1 aromatic carbocycles. The first kappa shape index (κ1) is 11.2. The fourth-order valence-corrected chi connectivity index (χ4v) is 3.70. The lowest BCUT2D eigenvalue weighted by Gasteiger charge is -2.23. The quantitative estimate of drug-likeness (QED) is 0.743. The van der Waals surface area contributed by atoms with Crippen molar-refractivity contribution in [2.24, 2.45) is 0 Å². The Morgan fingerprint density at radius 1 is 1.24 bits per heavy atom. The fourth-order valence-electron chi connectivity index (χ4n) is 2.23. The van der Waals surface area contributed by atoms with E-state index < -0.39 is 10.0 Å². The molecular weight excluding hydrogens is 238 g/mol. The van der Waals surface area contributed by atoms with Gasteiger partial charge in [-0.05, 0) is 25.5 Å². The first-order valence-electron chi connectivity index (χ1n) is 5.80. The summed E-state index contributed by atoms with van der Waals surface area (Å²) in [6.07, 6.45) is 1.25. The van der Waals surface area contributed by atoms with Gasteiger partial charge in [0, 0.05) is 13.1 Å². The molecule has 0 radical (unpaired) electrons. The molecule has 92 valence electrons. The van der Waals surface area contributed by atoms with Crippen molar-refractivity contribution in [3.8, 4) is 0 Å². The fraction of sp³-hybridized carbons (Fsp3) is 0.500. The van der Waals surface area contributed by atoms with Crippen molar-refractivity contribution >= 4 is 10.0 Å². The Hall–Kier alpha value is -0.910. The Bertz CT molecular complexity index is 523. The highest BCUT2D eigenvalue weighted by atomic mass is 32.2. The normalized spacial score (nSPS) is 28.8. The molecule has 0 spiro atoms. The third-order valence-electron chi connectivity index (χ3n) is 3.39. The number of rotatable bonds is 2. The standard InChI is InChI=1S/C12H15NO3S/c1-9-2-4-10(5-3-9)17(14,15)13-7-6-11-12(8-13)16-11/h2-5,11-12H,6-8H2,1H3/t11-,12+/m1/s1. The summed E-state index contributed by atoms with van der Waals surface area (Å²) in [7, 11) is -3.33. The zero-order chi connectivity index (χ0) is 12.0. The Morgan fingerprint density at radius 3 is 2.59 bits per heavy atom. The largest absolute Gasteiger partial charge is 0.368 e. The molecule has 0 amide bonds. The van der Waals surface area contributed by atoms with E-state index in [0.717, 1.165) is 12.0 Å². The Kier molecular flexibility index (Phi) is 2.50. The Labute approximate surface area is 101 Å². The SMILES string of the molecule is Cc1ccc(S(=O)(=O)N2CC[C@H]3O[C@H]3C2)cc1. The summed E-state index contributed by atoms with van der Waals surface area (Å²) in [6.45, 7) is 3.01. The van der Waals surface area contributed by atoms with Crippen LogP contribution in [0.15, 0.2) is 29.2 Å². The summed E-state index contributed by atoms with van der Waals surface area (Å²) >= 11 is 0. The minimum Gasteiger partial charge on any atom is -0.368 e. The van der Waals surface area contributed by atoms with Gasteiger partial charge in [-0.15, -0.1) is 0 Å². The number of sulfonamides is 1. The molecule has 0 N–H and O–H groups in total. The van der Waals surface area contributed by atoms with Crippen LogP contribution in [-0.2, 0) is 14.8 Å². The van der Waals surface area contributed by atoms with Gasteiger partial charge in [-0.3, -0.25) is 0 Å². The molecule has 3 rings (SSSR count). The third kappa shape index (κ3) is 1.99. The zero-order valence-corrected chi connectivity index (χ0v) is 10.5. The van der Waals surface area contributed by atoms with E-state index in [0.29, 0.717) is 24.1 Å². The summed E-state index contributed by atoms with van der Waals surface area (Å²) in [6, 6.07) is 7.00. The van der Waals surface area contributed by atoms with Crippen LogP contribution in [-0.4, -0.2) is 38.0 Å². The van der Waals surface area contributed by atoms with Crippen molar-refractivity contribution < 1.29 is 13.2 Å². The molecule has 0 bridgehead atoms. The average Bonchev–Trinajstić information content (AvgIpc) is 3.07. The minimum absolute atomic E-state index is 0.129. The topological polar surface area (TPSA) is 49.9 Å². The highest BCUT2D eigenvalue weighted by Gasteiger charge is 2.46. The minimum atomic E-state index is -3.33. The van der Waals surface area contributed by atoms with E-state index in [1.807, 2.05) is 19.1 Å². The molecule has 0 unspecified atom stereocenters. The van der Waals surface area contributed by atoms with Crippen LogP contribution in [0.2, 0.25) is 0 Å². The first-order valence-corrected chi connectivity index (χ1v) is 7.24. The van der Waals surface area contributed by atoms with E-state index in [9.17, 15) is 8.42 Å².